The number of rotatable bonds is 13. The molecule has 0 unspecified atom stereocenters. The van der Waals surface area contributed by atoms with Crippen LogP contribution in [0.2, 0.25) is 5.02 Å². The van der Waals surface area contributed by atoms with E-state index in [1.54, 1.807) is 0 Å². The molecule has 3 heteroatoms. The molecule has 0 aliphatic rings. The van der Waals surface area contributed by atoms with Gasteiger partial charge in [0.1, 0.15) is 0 Å². The van der Waals surface area contributed by atoms with E-state index in [1.165, 1.54) is 132 Å². The Kier molecular flexibility index (Phi) is 18.9. The largest absolute Gasteiger partial charge is 0.355 e. The first-order valence-electron chi connectivity index (χ1n) is 35.0. The third-order valence-corrected chi connectivity index (χ3v) is 19.6. The lowest BCUT2D eigenvalue weighted by Gasteiger charge is -2.27. The summed E-state index contributed by atoms with van der Waals surface area (Å²) in [5.41, 5.74) is 25.1. The zero-order valence-corrected chi connectivity index (χ0v) is 57.5. The minimum absolute atomic E-state index is 0.757. The van der Waals surface area contributed by atoms with Crippen molar-refractivity contribution >= 4 is 83.1 Å². The summed E-state index contributed by atoms with van der Waals surface area (Å²) < 4.78 is 0. The molecule has 0 radical (unpaired) electrons. The molecule has 0 aliphatic carbocycles. The molecular weight excluding hydrogens is 1260 g/mol. The predicted octanol–water partition coefficient (Wildman–Crippen LogP) is 28.9. The maximum atomic E-state index is 6.03. The summed E-state index contributed by atoms with van der Waals surface area (Å²) in [6, 6.07) is 151. The molecule has 0 bridgehead atoms. The highest BCUT2D eigenvalue weighted by atomic mass is 35.5. The standard InChI is InChI=1S/C50H35N.C26H19N.C24H17Cl/c1-3-13-37(14-4-1)47-34-29-42(35-49(47)40-15-5-2-6-16-40)36-25-30-43(31-26-36)51(50-24-12-20-39-18-8-10-22-48(39)50)44-32-27-41(28-33-44)46-23-11-19-38-17-7-9-21-45(38)46;1-3-11-23-19(7-1)9-5-13-24(23)21-15-17-22(18-16-21)27-26-14-6-10-20-8-2-4-12-25(20)26;25-22-14-11-18(12-15-22)21-13-16-23(19-7-3-1-4-8-19)24(17-21)20-9-5-2-6-10-20/h1-35H;1-18,27H;1-17H. The molecule has 0 spiro atoms. The maximum Gasteiger partial charge on any atom is 0.0540 e. The first-order valence-corrected chi connectivity index (χ1v) is 35.4. The van der Waals surface area contributed by atoms with E-state index in [9.17, 15) is 0 Å². The fraction of sp³-hybridized carbons (Fsp3) is 0. The highest BCUT2D eigenvalue weighted by Crippen LogP contribution is 2.43. The first kappa shape index (κ1) is 64.6. The lowest BCUT2D eigenvalue weighted by molar-refractivity contribution is 1.30. The van der Waals surface area contributed by atoms with Gasteiger partial charge in [-0.05, 0) is 194 Å². The second kappa shape index (κ2) is 30.2. The van der Waals surface area contributed by atoms with Crippen molar-refractivity contribution in [3.05, 3.63) is 430 Å². The fourth-order valence-electron chi connectivity index (χ4n) is 14.1. The van der Waals surface area contributed by atoms with E-state index >= 15 is 0 Å². The predicted molar refractivity (Wildman–Crippen MR) is 442 cm³/mol. The fourth-order valence-corrected chi connectivity index (χ4v) is 14.3. The minimum atomic E-state index is 0.757. The van der Waals surface area contributed by atoms with Gasteiger partial charge in [-0.3, -0.25) is 0 Å². The number of hydrogen-bond acceptors (Lipinski definition) is 2. The van der Waals surface area contributed by atoms with Crippen LogP contribution in [-0.2, 0) is 0 Å². The molecule has 0 saturated heterocycles. The van der Waals surface area contributed by atoms with Crippen LogP contribution in [0.15, 0.2) is 425 Å². The van der Waals surface area contributed by atoms with Gasteiger partial charge in [0.2, 0.25) is 0 Å². The summed E-state index contributed by atoms with van der Waals surface area (Å²) in [6.07, 6.45) is 0. The van der Waals surface area contributed by atoms with Crippen molar-refractivity contribution in [1.29, 1.82) is 0 Å². The molecule has 0 aliphatic heterocycles. The highest BCUT2D eigenvalue weighted by molar-refractivity contribution is 6.30. The molecule has 0 saturated carbocycles. The number of fused-ring (bicyclic) bond motifs is 4. The van der Waals surface area contributed by atoms with Crippen molar-refractivity contribution in [3.63, 3.8) is 0 Å². The van der Waals surface area contributed by atoms with Crippen LogP contribution in [0.4, 0.5) is 28.4 Å². The van der Waals surface area contributed by atoms with Gasteiger partial charge in [0.25, 0.3) is 0 Å². The van der Waals surface area contributed by atoms with E-state index in [0.29, 0.717) is 0 Å². The Morgan fingerprint density at radius 3 is 0.961 bits per heavy atom. The summed E-state index contributed by atoms with van der Waals surface area (Å²) in [4.78, 5) is 2.38. The normalized spacial score (nSPS) is 11.0. The van der Waals surface area contributed by atoms with E-state index in [1.807, 2.05) is 18.2 Å². The van der Waals surface area contributed by atoms with Gasteiger partial charge in [0, 0.05) is 38.5 Å². The number of nitrogens with zero attached hydrogens (tertiary/aromatic N) is 1. The second-order valence-electron chi connectivity index (χ2n) is 25.7. The summed E-state index contributed by atoms with van der Waals surface area (Å²) in [5, 5.41) is 14.3. The van der Waals surface area contributed by atoms with Crippen molar-refractivity contribution in [2.75, 3.05) is 10.2 Å². The van der Waals surface area contributed by atoms with Crippen molar-refractivity contribution in [1.82, 2.24) is 0 Å². The second-order valence-corrected chi connectivity index (χ2v) is 26.1. The van der Waals surface area contributed by atoms with Gasteiger partial charge >= 0.3 is 0 Å². The molecule has 0 atom stereocenters. The third kappa shape index (κ3) is 14.3. The molecule has 0 aromatic heterocycles. The van der Waals surface area contributed by atoms with Crippen molar-refractivity contribution in [2.24, 2.45) is 0 Å². The molecule has 0 heterocycles. The molecule has 488 valence electrons. The average Bonchev–Trinajstić information content (AvgIpc) is 0.779. The van der Waals surface area contributed by atoms with Gasteiger partial charge in [0.05, 0.1) is 5.69 Å². The van der Waals surface area contributed by atoms with Crippen LogP contribution < -0.4 is 10.2 Å². The lowest BCUT2D eigenvalue weighted by atomic mass is 9.91. The highest BCUT2D eigenvalue weighted by Gasteiger charge is 2.18. The monoisotopic (exact) mass is 1330 g/mol. The molecule has 18 aromatic carbocycles. The van der Waals surface area contributed by atoms with E-state index in [2.05, 4.69) is 417 Å². The number of nitrogens with one attached hydrogen (secondary N) is 1. The van der Waals surface area contributed by atoms with E-state index in [4.69, 9.17) is 11.6 Å². The number of halogens is 1. The zero-order chi connectivity index (χ0) is 69.1. The van der Waals surface area contributed by atoms with Crippen molar-refractivity contribution in [3.8, 4) is 89.0 Å². The SMILES string of the molecule is Clc1ccc(-c2ccc(-c3ccccc3)c(-c3ccccc3)c2)cc1.c1ccc(-c2ccc(-c3ccc(N(c4ccc(-c5cccc6ccccc56)cc4)c4cccc5ccccc45)cc3)cc2-c2ccccc2)cc1.c1ccc2c(Nc3ccc(-c4cccc5ccccc45)cc3)cccc2c1. The minimum Gasteiger partial charge on any atom is -0.355 e. The number of hydrogen-bond donors (Lipinski definition) is 1. The molecular formula is C100H71ClN2. The van der Waals surface area contributed by atoms with Gasteiger partial charge in [-0.15, -0.1) is 0 Å². The van der Waals surface area contributed by atoms with Crippen LogP contribution in [0, 0.1) is 0 Å². The van der Waals surface area contributed by atoms with Crippen LogP contribution in [0.3, 0.4) is 0 Å². The average molecular weight is 1340 g/mol. The molecule has 18 aromatic rings. The van der Waals surface area contributed by atoms with Gasteiger partial charge in [0.15, 0.2) is 0 Å². The molecule has 1 N–H and O–H groups in total. The summed E-state index contributed by atoms with van der Waals surface area (Å²) in [7, 11) is 0. The Bertz CT molecular complexity index is 5900. The quantitative estimate of drug-likeness (QED) is 0.124. The first-order chi connectivity index (χ1) is 51.0. The van der Waals surface area contributed by atoms with Gasteiger partial charge in [-0.25, -0.2) is 0 Å². The van der Waals surface area contributed by atoms with Crippen molar-refractivity contribution < 1.29 is 0 Å². The Labute approximate surface area is 608 Å². The van der Waals surface area contributed by atoms with Crippen LogP contribution in [-0.4, -0.2) is 0 Å². The smallest absolute Gasteiger partial charge is 0.0540 e. The van der Waals surface area contributed by atoms with E-state index in [-0.39, 0.29) is 0 Å². The van der Waals surface area contributed by atoms with Crippen LogP contribution in [0.5, 0.6) is 0 Å². The lowest BCUT2D eigenvalue weighted by Crippen LogP contribution is -2.10. The topological polar surface area (TPSA) is 15.3 Å². The zero-order valence-electron chi connectivity index (χ0n) is 56.7. The number of benzene rings is 18. The van der Waals surface area contributed by atoms with Crippen LogP contribution in [0.1, 0.15) is 0 Å². The molecule has 103 heavy (non-hydrogen) atoms. The van der Waals surface area contributed by atoms with Gasteiger partial charge < -0.3 is 10.2 Å². The van der Waals surface area contributed by atoms with Crippen LogP contribution >= 0.6 is 11.6 Å². The maximum absolute atomic E-state index is 6.03. The summed E-state index contributed by atoms with van der Waals surface area (Å²) in [5.74, 6) is 0. The summed E-state index contributed by atoms with van der Waals surface area (Å²) in [6.45, 7) is 0. The van der Waals surface area contributed by atoms with Crippen molar-refractivity contribution in [2.45, 2.75) is 0 Å². The summed E-state index contributed by atoms with van der Waals surface area (Å²) >= 11 is 6.03. The molecule has 18 rings (SSSR count). The van der Waals surface area contributed by atoms with E-state index < -0.39 is 0 Å². The van der Waals surface area contributed by atoms with Gasteiger partial charge in [-0.2, -0.15) is 0 Å². The molecule has 0 fully saturated rings. The van der Waals surface area contributed by atoms with E-state index in [0.717, 1.165) is 33.5 Å². The number of anilines is 5. The Hall–Kier alpha value is -13.1. The molecule has 2 nitrogen and oxygen atoms in total. The Morgan fingerprint density at radius 1 is 0.194 bits per heavy atom. The Balaban J connectivity index is 0.000000132. The third-order valence-electron chi connectivity index (χ3n) is 19.3. The Morgan fingerprint density at radius 2 is 0.505 bits per heavy atom. The molecule has 0 amide bonds. The van der Waals surface area contributed by atoms with Gasteiger partial charge in [-0.1, -0.05) is 363 Å². The van der Waals surface area contributed by atoms with Crippen LogP contribution in [0.25, 0.3) is 132 Å².